The zero-order chi connectivity index (χ0) is 17.2. The summed E-state index contributed by atoms with van der Waals surface area (Å²) in [7, 11) is 0. The Balaban J connectivity index is 2.76. The van der Waals surface area contributed by atoms with Crippen LogP contribution in [0.5, 0.6) is 0 Å². The summed E-state index contributed by atoms with van der Waals surface area (Å²) in [6, 6.07) is 8.92. The van der Waals surface area contributed by atoms with Gasteiger partial charge < -0.3 is 21.2 Å². The van der Waals surface area contributed by atoms with Gasteiger partial charge in [0.05, 0.1) is 0 Å². The number of nitrogens with zero attached hydrogens (tertiary/aromatic N) is 1. The van der Waals surface area contributed by atoms with E-state index in [1.165, 1.54) is 6.21 Å². The number of nitrogens with two attached hydrogens (primary N) is 1. The van der Waals surface area contributed by atoms with Crippen LogP contribution in [0.3, 0.4) is 0 Å². The van der Waals surface area contributed by atoms with Crippen LogP contribution < -0.4 is 11.1 Å². The fourth-order valence-electron chi connectivity index (χ4n) is 1.83. The fraction of sp³-hybridized carbons (Fsp3) is 0.353. The first kappa shape index (κ1) is 18.4. The van der Waals surface area contributed by atoms with E-state index in [0.717, 1.165) is 11.8 Å². The van der Waals surface area contributed by atoms with Crippen LogP contribution in [0.4, 0.5) is 0 Å². The van der Waals surface area contributed by atoms with Crippen LogP contribution in [0.15, 0.2) is 46.8 Å². The largest absolute Gasteiger partial charge is 0.459 e. The Labute approximate surface area is 137 Å². The molecule has 4 N–H and O–H groups in total. The van der Waals surface area contributed by atoms with Gasteiger partial charge in [0.25, 0.3) is 0 Å². The second-order valence-corrected chi connectivity index (χ2v) is 5.44. The van der Waals surface area contributed by atoms with Crippen LogP contribution in [-0.2, 0) is 16.1 Å². The van der Waals surface area contributed by atoms with Gasteiger partial charge in [0.1, 0.15) is 18.5 Å². The van der Waals surface area contributed by atoms with Gasteiger partial charge in [-0.3, -0.25) is 0 Å². The molecule has 0 bridgehead atoms. The lowest BCUT2D eigenvalue weighted by molar-refractivity contribution is -0.148. The molecule has 124 valence electrons. The standard InChI is InChI=1S/C17H24N4O2/c1-12(2)15(21-16(13(3)19)20-10-9-18)17(22)23-11-14-7-5-4-6-8-14/h4-10,12,15,18,21H,11,19H2,1-3H3/b16-13-,18-9?,20-10-. The van der Waals surface area contributed by atoms with Crippen molar-refractivity contribution in [3.63, 3.8) is 0 Å². The van der Waals surface area contributed by atoms with Crippen molar-refractivity contribution in [1.29, 1.82) is 5.41 Å². The van der Waals surface area contributed by atoms with Gasteiger partial charge in [0.2, 0.25) is 0 Å². The van der Waals surface area contributed by atoms with Crippen molar-refractivity contribution in [1.82, 2.24) is 5.32 Å². The molecule has 0 saturated heterocycles. The molecule has 6 heteroatoms. The van der Waals surface area contributed by atoms with Crippen molar-refractivity contribution in [3.8, 4) is 0 Å². The second kappa shape index (κ2) is 9.40. The van der Waals surface area contributed by atoms with Gasteiger partial charge in [-0.25, -0.2) is 9.79 Å². The first-order chi connectivity index (χ1) is 11.0. The number of nitrogens with one attached hydrogen (secondary N) is 2. The smallest absolute Gasteiger partial charge is 0.329 e. The summed E-state index contributed by atoms with van der Waals surface area (Å²) in [6.07, 6.45) is 2.34. The summed E-state index contributed by atoms with van der Waals surface area (Å²) >= 11 is 0. The van der Waals surface area contributed by atoms with Crippen LogP contribution in [0.2, 0.25) is 0 Å². The minimum Gasteiger partial charge on any atom is -0.459 e. The third-order valence-electron chi connectivity index (χ3n) is 3.09. The molecule has 0 aliphatic rings. The van der Waals surface area contributed by atoms with E-state index >= 15 is 0 Å². The highest BCUT2D eigenvalue weighted by atomic mass is 16.5. The third-order valence-corrected chi connectivity index (χ3v) is 3.09. The lowest BCUT2D eigenvalue weighted by Crippen LogP contribution is -2.42. The lowest BCUT2D eigenvalue weighted by Gasteiger charge is -2.22. The SMILES string of the molecule is C/C(N)=C(\N=C/C=N)NC(C(=O)OCc1ccccc1)C(C)C. The van der Waals surface area contributed by atoms with E-state index in [-0.39, 0.29) is 18.5 Å². The number of hydrogen-bond acceptors (Lipinski definition) is 6. The van der Waals surface area contributed by atoms with E-state index in [4.69, 9.17) is 15.9 Å². The maximum Gasteiger partial charge on any atom is 0.329 e. The van der Waals surface area contributed by atoms with Crippen molar-refractivity contribution in [2.75, 3.05) is 0 Å². The molecular formula is C17H24N4O2. The molecule has 23 heavy (non-hydrogen) atoms. The molecule has 1 aromatic carbocycles. The van der Waals surface area contributed by atoms with Crippen molar-refractivity contribution >= 4 is 18.4 Å². The highest BCUT2D eigenvalue weighted by Crippen LogP contribution is 2.10. The van der Waals surface area contributed by atoms with Gasteiger partial charge in [-0.2, -0.15) is 0 Å². The summed E-state index contributed by atoms with van der Waals surface area (Å²) in [4.78, 5) is 16.4. The highest BCUT2D eigenvalue weighted by Gasteiger charge is 2.24. The molecule has 0 amide bonds. The van der Waals surface area contributed by atoms with Crippen molar-refractivity contribution in [3.05, 3.63) is 47.4 Å². The number of benzene rings is 1. The number of hydrogen-bond donors (Lipinski definition) is 3. The molecule has 1 atom stereocenters. The Bertz CT molecular complexity index is 576. The number of ether oxygens (including phenoxy) is 1. The van der Waals surface area contributed by atoms with E-state index in [0.29, 0.717) is 11.5 Å². The summed E-state index contributed by atoms with van der Waals surface area (Å²) < 4.78 is 5.38. The number of carbonyl (C=O) groups excluding carboxylic acids is 1. The maximum absolute atomic E-state index is 12.3. The molecule has 1 rings (SSSR count). The van der Waals surface area contributed by atoms with Gasteiger partial charge in [-0.05, 0) is 18.4 Å². The number of carbonyl (C=O) groups is 1. The number of esters is 1. The molecule has 1 unspecified atom stereocenters. The Morgan fingerprint density at radius 3 is 2.57 bits per heavy atom. The predicted octanol–water partition coefficient (Wildman–Crippen LogP) is 2.21. The monoisotopic (exact) mass is 316 g/mol. The number of aliphatic imine (C=N–C) groups is 1. The Morgan fingerprint density at radius 1 is 1.39 bits per heavy atom. The van der Waals surface area contributed by atoms with Crippen molar-refractivity contribution in [2.45, 2.75) is 33.4 Å². The normalized spacial score (nSPS) is 13.6. The molecule has 0 spiro atoms. The minimum absolute atomic E-state index is 0.0113. The zero-order valence-corrected chi connectivity index (χ0v) is 13.7. The van der Waals surface area contributed by atoms with E-state index in [1.54, 1.807) is 6.92 Å². The number of allylic oxidation sites excluding steroid dienone is 1. The van der Waals surface area contributed by atoms with E-state index in [9.17, 15) is 4.79 Å². The van der Waals surface area contributed by atoms with Gasteiger partial charge in [-0.1, -0.05) is 44.2 Å². The van der Waals surface area contributed by atoms with Gasteiger partial charge in [0.15, 0.2) is 0 Å². The predicted molar refractivity (Wildman–Crippen MR) is 92.2 cm³/mol. The van der Waals surface area contributed by atoms with E-state index in [2.05, 4.69) is 10.3 Å². The van der Waals surface area contributed by atoms with Crippen LogP contribution >= 0.6 is 0 Å². The molecule has 0 aliphatic carbocycles. The quantitative estimate of drug-likeness (QED) is 0.505. The molecule has 1 aromatic rings. The molecule has 0 aromatic heterocycles. The first-order valence-corrected chi connectivity index (χ1v) is 7.42. The minimum atomic E-state index is -0.574. The topological polar surface area (TPSA) is 101 Å². The van der Waals surface area contributed by atoms with Crippen LogP contribution in [0.1, 0.15) is 26.3 Å². The zero-order valence-electron chi connectivity index (χ0n) is 13.7. The van der Waals surface area contributed by atoms with E-state index in [1.807, 2.05) is 44.2 Å². The van der Waals surface area contributed by atoms with Crippen molar-refractivity contribution in [2.24, 2.45) is 16.6 Å². The molecule has 0 aliphatic heterocycles. The summed E-state index contributed by atoms with van der Waals surface area (Å²) in [5, 5.41) is 10.00. The van der Waals surface area contributed by atoms with Gasteiger partial charge >= 0.3 is 5.97 Å². The van der Waals surface area contributed by atoms with Crippen LogP contribution in [0, 0.1) is 11.3 Å². The van der Waals surface area contributed by atoms with Gasteiger partial charge in [-0.15, -0.1) is 0 Å². The Hall–Kier alpha value is -2.63. The summed E-state index contributed by atoms with van der Waals surface area (Å²) in [5.74, 6) is -0.0145. The Morgan fingerprint density at radius 2 is 2.04 bits per heavy atom. The summed E-state index contributed by atoms with van der Waals surface area (Å²) in [5.41, 5.74) is 7.13. The molecule has 0 heterocycles. The lowest BCUT2D eigenvalue weighted by atomic mass is 10.0. The van der Waals surface area contributed by atoms with Gasteiger partial charge in [0, 0.05) is 18.1 Å². The van der Waals surface area contributed by atoms with E-state index < -0.39 is 6.04 Å². The molecule has 0 radical (unpaired) electrons. The molecular weight excluding hydrogens is 292 g/mol. The molecule has 6 nitrogen and oxygen atoms in total. The summed E-state index contributed by atoms with van der Waals surface area (Å²) in [6.45, 7) is 5.71. The third kappa shape index (κ3) is 6.34. The Kier molecular flexibility index (Phi) is 7.53. The van der Waals surface area contributed by atoms with Crippen LogP contribution in [0.25, 0.3) is 0 Å². The average molecular weight is 316 g/mol. The fourth-order valence-corrected chi connectivity index (χ4v) is 1.83. The average Bonchev–Trinajstić information content (AvgIpc) is 2.53. The van der Waals surface area contributed by atoms with Crippen LogP contribution in [-0.4, -0.2) is 24.4 Å². The second-order valence-electron chi connectivity index (χ2n) is 5.44. The molecule has 0 fully saturated rings. The number of rotatable bonds is 8. The molecule has 0 saturated carbocycles. The maximum atomic E-state index is 12.3. The first-order valence-electron chi connectivity index (χ1n) is 7.42. The van der Waals surface area contributed by atoms with Crippen molar-refractivity contribution < 1.29 is 9.53 Å². The highest BCUT2D eigenvalue weighted by molar-refractivity contribution is 6.14.